The fraction of sp³-hybridized carbons (Fsp3) is 0.750. The predicted octanol–water partition coefficient (Wildman–Crippen LogP) is 0.437. The number of carbonyl (C=O) groups is 2. The topological polar surface area (TPSA) is 74.6 Å². The number of Topliss-reactive ketones (excluding diaryl/α,β-unsaturated/α-hetero) is 1. The second kappa shape index (κ2) is 3.67. The van der Waals surface area contributed by atoms with Crippen LogP contribution in [-0.4, -0.2) is 27.6 Å². The fourth-order valence-electron chi connectivity index (χ4n) is 0.771. The van der Waals surface area contributed by atoms with E-state index in [0.717, 1.165) is 6.92 Å². The third kappa shape index (κ3) is 2.04. The van der Waals surface area contributed by atoms with Crippen molar-refractivity contribution in [2.75, 3.05) is 0 Å². The number of carboxylic acid groups (broad SMARTS) is 1. The van der Waals surface area contributed by atoms with Crippen molar-refractivity contribution < 1.29 is 19.8 Å². The van der Waals surface area contributed by atoms with Crippen LogP contribution >= 0.6 is 0 Å². The van der Waals surface area contributed by atoms with Gasteiger partial charge in [-0.15, -0.1) is 0 Å². The van der Waals surface area contributed by atoms with Crippen LogP contribution in [0.3, 0.4) is 0 Å². The van der Waals surface area contributed by atoms with E-state index in [1.54, 1.807) is 13.8 Å². The van der Waals surface area contributed by atoms with E-state index in [-0.39, 0.29) is 0 Å². The first-order chi connectivity index (χ1) is 5.34. The Balaban J connectivity index is 4.57. The number of carbonyl (C=O) groups excluding carboxylic acids is 1. The van der Waals surface area contributed by atoms with Gasteiger partial charge in [-0.25, -0.2) is 4.79 Å². The molecule has 70 valence electrons. The van der Waals surface area contributed by atoms with Crippen LogP contribution in [0.5, 0.6) is 0 Å². The maximum atomic E-state index is 11.2. The summed E-state index contributed by atoms with van der Waals surface area (Å²) in [6, 6.07) is 0. The molecule has 4 nitrogen and oxygen atoms in total. The summed E-state index contributed by atoms with van der Waals surface area (Å²) < 4.78 is 0. The van der Waals surface area contributed by atoms with Gasteiger partial charge in [-0.3, -0.25) is 4.79 Å². The van der Waals surface area contributed by atoms with E-state index in [2.05, 4.69) is 0 Å². The van der Waals surface area contributed by atoms with Crippen LogP contribution < -0.4 is 0 Å². The lowest BCUT2D eigenvalue weighted by Crippen LogP contribution is -2.46. The van der Waals surface area contributed by atoms with Crippen molar-refractivity contribution in [3.63, 3.8) is 0 Å². The summed E-state index contributed by atoms with van der Waals surface area (Å²) in [5.74, 6) is -2.55. The normalized spacial score (nSPS) is 18.0. The van der Waals surface area contributed by atoms with Gasteiger partial charge < -0.3 is 10.2 Å². The van der Waals surface area contributed by atoms with E-state index in [9.17, 15) is 14.7 Å². The lowest BCUT2D eigenvalue weighted by atomic mass is 9.90. The SMILES string of the molecule is CCC(C)C(=O)C(C)(O)C(=O)O. The molecule has 0 heterocycles. The van der Waals surface area contributed by atoms with E-state index in [1.807, 2.05) is 0 Å². The van der Waals surface area contributed by atoms with Gasteiger partial charge in [-0.05, 0) is 13.3 Å². The molecule has 0 radical (unpaired) electrons. The van der Waals surface area contributed by atoms with E-state index >= 15 is 0 Å². The molecular weight excluding hydrogens is 160 g/mol. The molecule has 0 rings (SSSR count). The minimum absolute atomic E-state index is 0.420. The smallest absolute Gasteiger partial charge is 0.343 e. The number of hydrogen-bond acceptors (Lipinski definition) is 3. The zero-order chi connectivity index (χ0) is 9.94. The van der Waals surface area contributed by atoms with Gasteiger partial charge >= 0.3 is 5.97 Å². The van der Waals surface area contributed by atoms with Crippen LogP contribution in [0.2, 0.25) is 0 Å². The lowest BCUT2D eigenvalue weighted by Gasteiger charge is -2.19. The summed E-state index contributed by atoms with van der Waals surface area (Å²) >= 11 is 0. The van der Waals surface area contributed by atoms with Crippen molar-refractivity contribution in [2.45, 2.75) is 32.8 Å². The third-order valence-corrected chi connectivity index (χ3v) is 1.96. The Labute approximate surface area is 71.2 Å². The highest BCUT2D eigenvalue weighted by atomic mass is 16.4. The molecule has 0 amide bonds. The molecule has 2 atom stereocenters. The first-order valence-corrected chi connectivity index (χ1v) is 3.84. The van der Waals surface area contributed by atoms with Crippen LogP contribution in [0.1, 0.15) is 27.2 Å². The van der Waals surface area contributed by atoms with Crippen molar-refractivity contribution in [3.8, 4) is 0 Å². The summed E-state index contributed by atoms with van der Waals surface area (Å²) in [5.41, 5.74) is -2.24. The van der Waals surface area contributed by atoms with Crippen molar-refractivity contribution in [1.29, 1.82) is 0 Å². The lowest BCUT2D eigenvalue weighted by molar-refractivity contribution is -0.164. The van der Waals surface area contributed by atoms with Gasteiger partial charge in [0.15, 0.2) is 5.78 Å². The van der Waals surface area contributed by atoms with Crippen LogP contribution in [-0.2, 0) is 9.59 Å². The number of carboxylic acids is 1. The minimum atomic E-state index is -2.24. The number of ketones is 1. The molecule has 0 spiro atoms. The summed E-state index contributed by atoms with van der Waals surface area (Å²) in [7, 11) is 0. The van der Waals surface area contributed by atoms with Crippen molar-refractivity contribution in [1.82, 2.24) is 0 Å². The molecule has 12 heavy (non-hydrogen) atoms. The second-order valence-electron chi connectivity index (χ2n) is 3.05. The van der Waals surface area contributed by atoms with Crippen LogP contribution in [0.4, 0.5) is 0 Å². The molecule has 4 heteroatoms. The van der Waals surface area contributed by atoms with Crippen LogP contribution in [0, 0.1) is 5.92 Å². The molecule has 0 aliphatic rings. The van der Waals surface area contributed by atoms with E-state index in [0.29, 0.717) is 6.42 Å². The number of aliphatic carboxylic acids is 1. The highest BCUT2D eigenvalue weighted by molar-refractivity contribution is 6.06. The molecule has 0 aliphatic heterocycles. The van der Waals surface area contributed by atoms with Gasteiger partial charge in [0.2, 0.25) is 5.60 Å². The second-order valence-corrected chi connectivity index (χ2v) is 3.05. The molecule has 0 aromatic heterocycles. The molecule has 2 unspecified atom stereocenters. The summed E-state index contributed by atoms with van der Waals surface area (Å²) in [6.45, 7) is 4.37. The standard InChI is InChI=1S/C8H14O4/c1-4-5(2)6(9)8(3,12)7(10)11/h5,12H,4H2,1-3H3,(H,10,11). The first kappa shape index (κ1) is 11.1. The Morgan fingerprint density at radius 2 is 1.92 bits per heavy atom. The summed E-state index contributed by atoms with van der Waals surface area (Å²) in [4.78, 5) is 21.6. The van der Waals surface area contributed by atoms with Gasteiger partial charge in [-0.1, -0.05) is 13.8 Å². The first-order valence-electron chi connectivity index (χ1n) is 3.84. The molecule has 0 aromatic carbocycles. The average Bonchev–Trinajstić information content (AvgIpc) is 2.01. The average molecular weight is 174 g/mol. The van der Waals surface area contributed by atoms with Gasteiger partial charge in [0.1, 0.15) is 0 Å². The molecule has 0 saturated carbocycles. The van der Waals surface area contributed by atoms with Crippen molar-refractivity contribution >= 4 is 11.8 Å². The van der Waals surface area contributed by atoms with Gasteiger partial charge in [0.05, 0.1) is 0 Å². The van der Waals surface area contributed by atoms with Crippen molar-refractivity contribution in [3.05, 3.63) is 0 Å². The Morgan fingerprint density at radius 1 is 1.50 bits per heavy atom. The molecule has 2 N–H and O–H groups in total. The maximum absolute atomic E-state index is 11.2. The summed E-state index contributed by atoms with van der Waals surface area (Å²) in [5, 5.41) is 17.7. The van der Waals surface area contributed by atoms with Crippen LogP contribution in [0.15, 0.2) is 0 Å². The molecule has 0 fully saturated rings. The largest absolute Gasteiger partial charge is 0.479 e. The Bertz CT molecular complexity index is 195. The molecular formula is C8H14O4. The molecule has 0 aromatic rings. The van der Waals surface area contributed by atoms with Crippen molar-refractivity contribution in [2.24, 2.45) is 5.92 Å². The minimum Gasteiger partial charge on any atom is -0.479 e. The number of rotatable bonds is 4. The van der Waals surface area contributed by atoms with E-state index in [1.165, 1.54) is 0 Å². The highest BCUT2D eigenvalue weighted by Gasteiger charge is 2.40. The van der Waals surface area contributed by atoms with Crippen LogP contribution in [0.25, 0.3) is 0 Å². The number of aliphatic hydroxyl groups is 1. The summed E-state index contributed by atoms with van der Waals surface area (Å²) in [6.07, 6.45) is 0.530. The fourth-order valence-corrected chi connectivity index (χ4v) is 0.771. The quantitative estimate of drug-likeness (QED) is 0.606. The maximum Gasteiger partial charge on any atom is 0.343 e. The molecule has 0 aliphatic carbocycles. The monoisotopic (exact) mass is 174 g/mol. The molecule has 0 bridgehead atoms. The van der Waals surface area contributed by atoms with Gasteiger partial charge in [0.25, 0.3) is 0 Å². The van der Waals surface area contributed by atoms with E-state index in [4.69, 9.17) is 5.11 Å². The Kier molecular flexibility index (Phi) is 3.39. The van der Waals surface area contributed by atoms with E-state index < -0.39 is 23.3 Å². The number of hydrogen-bond donors (Lipinski definition) is 2. The van der Waals surface area contributed by atoms with Gasteiger partial charge in [-0.2, -0.15) is 0 Å². The predicted molar refractivity (Wildman–Crippen MR) is 42.7 cm³/mol. The third-order valence-electron chi connectivity index (χ3n) is 1.96. The highest BCUT2D eigenvalue weighted by Crippen LogP contribution is 2.14. The van der Waals surface area contributed by atoms with Gasteiger partial charge in [0, 0.05) is 5.92 Å². The Hall–Kier alpha value is -0.900. The zero-order valence-corrected chi connectivity index (χ0v) is 7.50. The zero-order valence-electron chi connectivity index (χ0n) is 7.50. The Morgan fingerprint density at radius 3 is 2.17 bits per heavy atom. The molecule has 0 saturated heterocycles.